The number of amides is 1. The number of anilines is 1. The highest BCUT2D eigenvalue weighted by molar-refractivity contribution is 5.95. The summed E-state index contributed by atoms with van der Waals surface area (Å²) < 4.78 is 5.58. The maximum atomic E-state index is 12.3. The molecule has 3 heteroatoms. The molecule has 1 saturated carbocycles. The van der Waals surface area contributed by atoms with E-state index in [1.54, 1.807) is 0 Å². The second-order valence-electron chi connectivity index (χ2n) is 5.91. The fraction of sp³-hybridized carbons (Fsp3) is 0.562. The lowest BCUT2D eigenvalue weighted by molar-refractivity contribution is -0.124. The van der Waals surface area contributed by atoms with Crippen molar-refractivity contribution in [2.75, 3.05) is 5.32 Å². The van der Waals surface area contributed by atoms with Crippen LogP contribution >= 0.6 is 0 Å². The lowest BCUT2D eigenvalue weighted by Crippen LogP contribution is -2.30. The van der Waals surface area contributed by atoms with Gasteiger partial charge in [-0.15, -0.1) is 0 Å². The van der Waals surface area contributed by atoms with E-state index in [0.717, 1.165) is 37.1 Å². The van der Waals surface area contributed by atoms with Gasteiger partial charge in [0.15, 0.2) is 0 Å². The molecule has 1 aliphatic rings. The summed E-state index contributed by atoms with van der Waals surface area (Å²) in [4.78, 5) is 12.3. The first-order valence-corrected chi connectivity index (χ1v) is 7.08. The van der Waals surface area contributed by atoms with Crippen LogP contribution in [-0.4, -0.2) is 12.0 Å². The number of rotatable bonds is 4. The van der Waals surface area contributed by atoms with Gasteiger partial charge in [-0.2, -0.15) is 0 Å². The lowest BCUT2D eigenvalue weighted by atomic mass is 9.88. The number of carbonyl (C=O) groups excluding carboxylic acids is 1. The van der Waals surface area contributed by atoms with E-state index in [4.69, 9.17) is 4.74 Å². The molecule has 1 aromatic carbocycles. The van der Waals surface area contributed by atoms with Crippen LogP contribution in [0.2, 0.25) is 0 Å². The van der Waals surface area contributed by atoms with Gasteiger partial charge in [0, 0.05) is 11.1 Å². The van der Waals surface area contributed by atoms with Crippen LogP contribution in [0.5, 0.6) is 5.75 Å². The van der Waals surface area contributed by atoms with Crippen LogP contribution < -0.4 is 10.1 Å². The number of hydrogen-bond donors (Lipinski definition) is 1. The summed E-state index contributed by atoms with van der Waals surface area (Å²) in [5, 5.41) is 3.01. The Morgan fingerprint density at radius 3 is 2.32 bits per heavy atom. The van der Waals surface area contributed by atoms with Crippen molar-refractivity contribution in [3.8, 4) is 5.75 Å². The third-order valence-electron chi connectivity index (χ3n) is 3.74. The van der Waals surface area contributed by atoms with E-state index in [0.29, 0.717) is 0 Å². The zero-order valence-corrected chi connectivity index (χ0v) is 12.0. The van der Waals surface area contributed by atoms with Gasteiger partial charge in [0.1, 0.15) is 5.75 Å². The van der Waals surface area contributed by atoms with Gasteiger partial charge >= 0.3 is 0 Å². The minimum absolute atomic E-state index is 0.141. The van der Waals surface area contributed by atoms with Gasteiger partial charge < -0.3 is 10.1 Å². The lowest BCUT2D eigenvalue weighted by Gasteiger charge is -2.22. The van der Waals surface area contributed by atoms with E-state index < -0.39 is 0 Å². The monoisotopic (exact) mass is 261 g/mol. The number of nitrogens with one attached hydrogen (secondary N) is 1. The fourth-order valence-electron chi connectivity index (χ4n) is 2.55. The Hall–Kier alpha value is -1.51. The molecule has 1 aliphatic carbocycles. The summed E-state index contributed by atoms with van der Waals surface area (Å²) in [5.41, 5.74) is 0.654. The van der Waals surface area contributed by atoms with Gasteiger partial charge in [0.2, 0.25) is 5.91 Å². The molecule has 104 valence electrons. The van der Waals surface area contributed by atoms with E-state index >= 15 is 0 Å². The third kappa shape index (κ3) is 3.49. The maximum Gasteiger partial charge on any atom is 0.230 e. The number of ether oxygens (including phenoxy) is 1. The SMILES string of the molecule is CC(C)Oc1ccc(NC(=O)C2(C)CCCC2)cc1. The predicted molar refractivity (Wildman–Crippen MR) is 77.4 cm³/mol. The molecule has 0 saturated heterocycles. The van der Waals surface area contributed by atoms with Crippen molar-refractivity contribution >= 4 is 11.6 Å². The Balaban J connectivity index is 1.97. The van der Waals surface area contributed by atoms with Crippen molar-refractivity contribution < 1.29 is 9.53 Å². The van der Waals surface area contributed by atoms with Gasteiger partial charge in [0.25, 0.3) is 0 Å². The first kappa shape index (κ1) is 13.9. The molecule has 1 fully saturated rings. The van der Waals surface area contributed by atoms with Crippen LogP contribution in [0.3, 0.4) is 0 Å². The smallest absolute Gasteiger partial charge is 0.230 e. The summed E-state index contributed by atoms with van der Waals surface area (Å²) >= 11 is 0. The van der Waals surface area contributed by atoms with Crippen molar-refractivity contribution in [2.45, 2.75) is 52.6 Å². The molecule has 0 unspecified atom stereocenters. The molecular weight excluding hydrogens is 238 g/mol. The highest BCUT2D eigenvalue weighted by Crippen LogP contribution is 2.38. The summed E-state index contributed by atoms with van der Waals surface area (Å²) in [6.45, 7) is 6.05. The molecule has 0 aromatic heterocycles. The molecule has 0 heterocycles. The molecule has 0 bridgehead atoms. The Labute approximate surface area is 115 Å². The minimum Gasteiger partial charge on any atom is -0.491 e. The zero-order chi connectivity index (χ0) is 13.9. The number of hydrogen-bond acceptors (Lipinski definition) is 2. The molecule has 0 spiro atoms. The summed E-state index contributed by atoms with van der Waals surface area (Å²) in [7, 11) is 0. The summed E-state index contributed by atoms with van der Waals surface area (Å²) in [6, 6.07) is 7.58. The van der Waals surface area contributed by atoms with Gasteiger partial charge in [-0.05, 0) is 51.0 Å². The molecular formula is C16H23NO2. The Kier molecular flexibility index (Phi) is 4.13. The van der Waals surface area contributed by atoms with Crippen LogP contribution in [0, 0.1) is 5.41 Å². The van der Waals surface area contributed by atoms with Crippen LogP contribution in [0.1, 0.15) is 46.5 Å². The predicted octanol–water partition coefficient (Wildman–Crippen LogP) is 3.99. The van der Waals surface area contributed by atoms with Crippen molar-refractivity contribution in [1.82, 2.24) is 0 Å². The minimum atomic E-state index is -0.187. The molecule has 3 nitrogen and oxygen atoms in total. The second kappa shape index (κ2) is 5.64. The molecule has 0 radical (unpaired) electrons. The first-order valence-electron chi connectivity index (χ1n) is 7.08. The van der Waals surface area contributed by atoms with E-state index in [2.05, 4.69) is 12.2 Å². The van der Waals surface area contributed by atoms with Crippen LogP contribution in [0.4, 0.5) is 5.69 Å². The van der Waals surface area contributed by atoms with Crippen LogP contribution in [-0.2, 0) is 4.79 Å². The van der Waals surface area contributed by atoms with E-state index in [1.807, 2.05) is 38.1 Å². The summed E-state index contributed by atoms with van der Waals surface area (Å²) in [6.07, 6.45) is 4.47. The van der Waals surface area contributed by atoms with Crippen molar-refractivity contribution in [3.05, 3.63) is 24.3 Å². The molecule has 1 amide bonds. The van der Waals surface area contributed by atoms with E-state index in [-0.39, 0.29) is 17.4 Å². The molecule has 0 atom stereocenters. The standard InChI is InChI=1S/C16H23NO2/c1-12(2)19-14-8-6-13(7-9-14)17-15(18)16(3)10-4-5-11-16/h6-9,12H,4-5,10-11H2,1-3H3,(H,17,18). The van der Waals surface area contributed by atoms with Crippen molar-refractivity contribution in [1.29, 1.82) is 0 Å². The second-order valence-corrected chi connectivity index (χ2v) is 5.91. The van der Waals surface area contributed by atoms with E-state index in [1.165, 1.54) is 0 Å². The largest absolute Gasteiger partial charge is 0.491 e. The molecule has 0 aliphatic heterocycles. The average Bonchev–Trinajstić information content (AvgIpc) is 2.79. The normalized spacial score (nSPS) is 17.5. The molecule has 1 aromatic rings. The number of benzene rings is 1. The van der Waals surface area contributed by atoms with Gasteiger partial charge in [0.05, 0.1) is 6.10 Å². The van der Waals surface area contributed by atoms with Gasteiger partial charge in [-0.3, -0.25) is 4.79 Å². The van der Waals surface area contributed by atoms with Crippen LogP contribution in [0.15, 0.2) is 24.3 Å². The van der Waals surface area contributed by atoms with E-state index in [9.17, 15) is 4.79 Å². The fourth-order valence-corrected chi connectivity index (χ4v) is 2.55. The molecule has 1 N–H and O–H groups in total. The third-order valence-corrected chi connectivity index (χ3v) is 3.74. The zero-order valence-electron chi connectivity index (χ0n) is 12.0. The van der Waals surface area contributed by atoms with Gasteiger partial charge in [-0.1, -0.05) is 19.8 Å². The van der Waals surface area contributed by atoms with Gasteiger partial charge in [-0.25, -0.2) is 0 Å². The highest BCUT2D eigenvalue weighted by atomic mass is 16.5. The Morgan fingerprint density at radius 2 is 1.79 bits per heavy atom. The van der Waals surface area contributed by atoms with Crippen molar-refractivity contribution in [3.63, 3.8) is 0 Å². The number of carbonyl (C=O) groups is 1. The quantitative estimate of drug-likeness (QED) is 0.890. The highest BCUT2D eigenvalue weighted by Gasteiger charge is 2.36. The maximum absolute atomic E-state index is 12.3. The Bertz CT molecular complexity index is 431. The summed E-state index contributed by atoms with van der Waals surface area (Å²) in [5.74, 6) is 0.975. The Morgan fingerprint density at radius 1 is 1.21 bits per heavy atom. The molecule has 19 heavy (non-hydrogen) atoms. The first-order chi connectivity index (χ1) is 8.99. The average molecular weight is 261 g/mol. The topological polar surface area (TPSA) is 38.3 Å². The van der Waals surface area contributed by atoms with Crippen molar-refractivity contribution in [2.24, 2.45) is 5.41 Å². The molecule has 2 rings (SSSR count). The van der Waals surface area contributed by atoms with Crippen LogP contribution in [0.25, 0.3) is 0 Å².